The summed E-state index contributed by atoms with van der Waals surface area (Å²) in [5.41, 5.74) is 2.23. The number of hydrogen-bond donors (Lipinski definition) is 2. The summed E-state index contributed by atoms with van der Waals surface area (Å²) in [5, 5.41) is 6.55. The van der Waals surface area contributed by atoms with Crippen molar-refractivity contribution in [3.8, 4) is 23.0 Å². The van der Waals surface area contributed by atoms with E-state index >= 15 is 0 Å². The highest BCUT2D eigenvalue weighted by atomic mass is 16.5. The quantitative estimate of drug-likeness (QED) is 0.334. The number of aliphatic imine (C=N–C) groups is 1. The Labute approximate surface area is 179 Å². The van der Waals surface area contributed by atoms with Crippen LogP contribution >= 0.6 is 0 Å². The van der Waals surface area contributed by atoms with Crippen LogP contribution in [-0.4, -0.2) is 53.5 Å². The first-order chi connectivity index (χ1) is 14.6. The second-order valence-corrected chi connectivity index (χ2v) is 6.59. The molecule has 7 nitrogen and oxygen atoms in total. The molecule has 0 unspecified atom stereocenters. The highest BCUT2D eigenvalue weighted by molar-refractivity contribution is 5.79. The minimum absolute atomic E-state index is 0.553. The van der Waals surface area contributed by atoms with Gasteiger partial charge in [-0.25, -0.2) is 0 Å². The number of guanidine groups is 1. The largest absolute Gasteiger partial charge is 0.493 e. The lowest BCUT2D eigenvalue weighted by molar-refractivity contribution is 0.321. The Morgan fingerprint density at radius 2 is 1.63 bits per heavy atom. The van der Waals surface area contributed by atoms with Gasteiger partial charge in [0.15, 0.2) is 17.5 Å². The Bertz CT molecular complexity index is 807. The van der Waals surface area contributed by atoms with Crippen LogP contribution in [0, 0.1) is 6.92 Å². The van der Waals surface area contributed by atoms with Gasteiger partial charge in [-0.2, -0.15) is 0 Å². The van der Waals surface area contributed by atoms with Gasteiger partial charge in [-0.3, -0.25) is 4.99 Å². The lowest BCUT2D eigenvalue weighted by Gasteiger charge is -2.15. The molecule has 2 N–H and O–H groups in total. The van der Waals surface area contributed by atoms with Crippen LogP contribution < -0.4 is 29.6 Å². The van der Waals surface area contributed by atoms with Crippen LogP contribution in [0.25, 0.3) is 0 Å². The van der Waals surface area contributed by atoms with Crippen molar-refractivity contribution in [2.45, 2.75) is 20.3 Å². The van der Waals surface area contributed by atoms with Crippen LogP contribution in [0.1, 0.15) is 18.1 Å². The third-order valence-electron chi connectivity index (χ3n) is 4.47. The van der Waals surface area contributed by atoms with Crippen LogP contribution in [-0.2, 0) is 6.42 Å². The van der Waals surface area contributed by atoms with Crippen molar-refractivity contribution >= 4 is 5.96 Å². The van der Waals surface area contributed by atoms with Crippen LogP contribution in [0.4, 0.5) is 0 Å². The monoisotopic (exact) mass is 415 g/mol. The molecule has 0 saturated carbocycles. The number of hydrogen-bond acceptors (Lipinski definition) is 5. The number of methoxy groups -OCH3 is 3. The second kappa shape index (κ2) is 12.5. The van der Waals surface area contributed by atoms with Gasteiger partial charge in [0.2, 0.25) is 5.75 Å². The SMILES string of the molecule is CCNC(=NCCc1ccc(OC)c(OC)c1OC)NCCOc1ccc(C)cc1. The van der Waals surface area contributed by atoms with Crippen LogP contribution in [0.2, 0.25) is 0 Å². The van der Waals surface area contributed by atoms with Gasteiger partial charge in [0.25, 0.3) is 0 Å². The Balaban J connectivity index is 1.90. The predicted octanol–water partition coefficient (Wildman–Crippen LogP) is 3.20. The van der Waals surface area contributed by atoms with Crippen LogP contribution in [0.15, 0.2) is 41.4 Å². The van der Waals surface area contributed by atoms with Gasteiger partial charge in [0, 0.05) is 18.7 Å². The summed E-state index contributed by atoms with van der Waals surface area (Å²) in [5.74, 6) is 3.54. The molecule has 0 aliphatic heterocycles. The fourth-order valence-electron chi connectivity index (χ4n) is 2.96. The summed E-state index contributed by atoms with van der Waals surface area (Å²) in [4.78, 5) is 4.65. The molecule has 2 rings (SSSR count). The van der Waals surface area contributed by atoms with E-state index in [1.165, 1.54) is 5.56 Å². The van der Waals surface area contributed by atoms with Crippen molar-refractivity contribution in [1.82, 2.24) is 10.6 Å². The average molecular weight is 416 g/mol. The number of nitrogens with one attached hydrogen (secondary N) is 2. The van der Waals surface area contributed by atoms with E-state index in [0.29, 0.717) is 43.4 Å². The first-order valence-electron chi connectivity index (χ1n) is 10.1. The Kier molecular flexibility index (Phi) is 9.64. The minimum Gasteiger partial charge on any atom is -0.493 e. The molecular weight excluding hydrogens is 382 g/mol. The molecule has 2 aromatic carbocycles. The normalized spacial score (nSPS) is 11.0. The molecule has 0 bridgehead atoms. The zero-order valence-corrected chi connectivity index (χ0v) is 18.6. The van der Waals surface area contributed by atoms with E-state index < -0.39 is 0 Å². The third kappa shape index (κ3) is 6.76. The zero-order valence-electron chi connectivity index (χ0n) is 18.6. The molecule has 2 aromatic rings. The number of aryl methyl sites for hydroxylation is 1. The van der Waals surface area contributed by atoms with E-state index in [1.54, 1.807) is 21.3 Å². The molecular formula is C23H33N3O4. The van der Waals surface area contributed by atoms with Gasteiger partial charge < -0.3 is 29.6 Å². The van der Waals surface area contributed by atoms with Crippen molar-refractivity contribution in [1.29, 1.82) is 0 Å². The maximum absolute atomic E-state index is 5.75. The van der Waals surface area contributed by atoms with Crippen LogP contribution in [0.3, 0.4) is 0 Å². The molecule has 0 radical (unpaired) electrons. The van der Waals surface area contributed by atoms with Gasteiger partial charge in [-0.1, -0.05) is 23.8 Å². The summed E-state index contributed by atoms with van der Waals surface area (Å²) in [7, 11) is 4.84. The highest BCUT2D eigenvalue weighted by Crippen LogP contribution is 2.39. The number of ether oxygens (including phenoxy) is 4. The number of benzene rings is 2. The van der Waals surface area contributed by atoms with Gasteiger partial charge in [0.05, 0.1) is 27.9 Å². The Morgan fingerprint density at radius 1 is 0.900 bits per heavy atom. The maximum Gasteiger partial charge on any atom is 0.203 e. The molecule has 0 heterocycles. The smallest absolute Gasteiger partial charge is 0.203 e. The molecule has 0 amide bonds. The predicted molar refractivity (Wildman–Crippen MR) is 120 cm³/mol. The molecule has 0 saturated heterocycles. The van der Waals surface area contributed by atoms with E-state index in [9.17, 15) is 0 Å². The molecule has 0 fully saturated rings. The fraction of sp³-hybridized carbons (Fsp3) is 0.435. The Morgan fingerprint density at radius 3 is 2.27 bits per heavy atom. The number of nitrogens with zero attached hydrogens (tertiary/aromatic N) is 1. The molecule has 0 spiro atoms. The maximum atomic E-state index is 5.75. The highest BCUT2D eigenvalue weighted by Gasteiger charge is 2.15. The van der Waals surface area contributed by atoms with Crippen LogP contribution in [0.5, 0.6) is 23.0 Å². The lowest BCUT2D eigenvalue weighted by Crippen LogP contribution is -2.39. The van der Waals surface area contributed by atoms with Crippen molar-refractivity contribution in [2.75, 3.05) is 47.6 Å². The van der Waals surface area contributed by atoms with Crippen molar-refractivity contribution < 1.29 is 18.9 Å². The molecule has 0 aromatic heterocycles. The molecule has 7 heteroatoms. The van der Waals surface area contributed by atoms with Crippen molar-refractivity contribution in [3.05, 3.63) is 47.5 Å². The summed E-state index contributed by atoms with van der Waals surface area (Å²) in [6.07, 6.45) is 0.708. The Hall–Kier alpha value is -3.09. The van der Waals surface area contributed by atoms with Gasteiger partial charge in [-0.15, -0.1) is 0 Å². The third-order valence-corrected chi connectivity index (χ3v) is 4.47. The fourth-order valence-corrected chi connectivity index (χ4v) is 2.96. The molecule has 30 heavy (non-hydrogen) atoms. The summed E-state index contributed by atoms with van der Waals surface area (Å²) in [6, 6.07) is 11.9. The first-order valence-corrected chi connectivity index (χ1v) is 10.1. The lowest BCUT2D eigenvalue weighted by atomic mass is 10.1. The molecule has 0 aliphatic carbocycles. The van der Waals surface area contributed by atoms with Gasteiger partial charge >= 0.3 is 0 Å². The van der Waals surface area contributed by atoms with E-state index in [4.69, 9.17) is 18.9 Å². The molecule has 164 valence electrons. The van der Waals surface area contributed by atoms with E-state index in [0.717, 1.165) is 23.8 Å². The second-order valence-electron chi connectivity index (χ2n) is 6.59. The molecule has 0 aliphatic rings. The molecule has 0 atom stereocenters. The van der Waals surface area contributed by atoms with E-state index in [2.05, 4.69) is 22.5 Å². The summed E-state index contributed by atoms with van der Waals surface area (Å²) >= 11 is 0. The minimum atomic E-state index is 0.553. The van der Waals surface area contributed by atoms with Gasteiger partial charge in [-0.05, 0) is 38.5 Å². The standard InChI is InChI=1S/C23H33N3O4/c1-6-24-23(26-15-16-30-19-10-7-17(2)8-11-19)25-14-13-18-9-12-20(27-3)22(29-5)21(18)28-4/h7-12H,6,13-16H2,1-5H3,(H2,24,25,26). The zero-order chi connectivity index (χ0) is 21.8. The van der Waals surface area contributed by atoms with Crippen molar-refractivity contribution in [3.63, 3.8) is 0 Å². The van der Waals surface area contributed by atoms with E-state index in [1.807, 2.05) is 43.3 Å². The summed E-state index contributed by atoms with van der Waals surface area (Å²) in [6.45, 7) is 6.68. The average Bonchev–Trinajstić information content (AvgIpc) is 2.77. The summed E-state index contributed by atoms with van der Waals surface area (Å²) < 4.78 is 22.1. The number of rotatable bonds is 11. The van der Waals surface area contributed by atoms with E-state index in [-0.39, 0.29) is 0 Å². The topological polar surface area (TPSA) is 73.3 Å². The first kappa shape index (κ1) is 23.2. The van der Waals surface area contributed by atoms with Gasteiger partial charge in [0.1, 0.15) is 12.4 Å². The van der Waals surface area contributed by atoms with Crippen molar-refractivity contribution in [2.24, 2.45) is 4.99 Å².